The van der Waals surface area contributed by atoms with Crippen LogP contribution in [-0.4, -0.2) is 34.0 Å². The molecule has 1 N–H and O–H groups in total. The maximum Gasteiger partial charge on any atom is 0.109 e. The van der Waals surface area contributed by atoms with Crippen LogP contribution >= 0.6 is 0 Å². The van der Waals surface area contributed by atoms with Gasteiger partial charge in [0.05, 0.1) is 18.8 Å². The number of aliphatic hydroxyl groups excluding tert-OH is 1. The van der Waals surface area contributed by atoms with Gasteiger partial charge < -0.3 is 14.4 Å². The first-order chi connectivity index (χ1) is 7.33. The molecule has 0 amide bonds. The molecule has 1 fully saturated rings. The average Bonchev–Trinajstić information content (AvgIpc) is 2.67. The molecule has 0 saturated carbocycles. The number of rotatable bonds is 3. The molecular formula is C11H18N2O2. The second-order valence-electron chi connectivity index (χ2n) is 4.00. The maximum atomic E-state index is 9.90. The Morgan fingerprint density at radius 2 is 2.53 bits per heavy atom. The molecule has 2 atom stereocenters. The van der Waals surface area contributed by atoms with Crippen LogP contribution in [0.2, 0.25) is 0 Å². The normalized spacial score (nSPS) is 26.8. The third-order valence-corrected chi connectivity index (χ3v) is 2.87. The standard InChI is InChI=1S/C11H18N2O2/c1-2-3-11-12-5-6-13(11)9-8-15-7-4-10(9)14/h5-6,9-10,14H,2-4,7-8H2,1H3. The molecule has 0 aliphatic carbocycles. The number of hydrogen-bond donors (Lipinski definition) is 1. The van der Waals surface area contributed by atoms with E-state index in [-0.39, 0.29) is 12.1 Å². The van der Waals surface area contributed by atoms with Gasteiger partial charge in [0, 0.05) is 25.4 Å². The maximum absolute atomic E-state index is 9.90. The number of aromatic nitrogens is 2. The Labute approximate surface area is 89.9 Å². The number of hydrogen-bond acceptors (Lipinski definition) is 3. The second kappa shape index (κ2) is 4.77. The molecule has 2 rings (SSSR count). The van der Waals surface area contributed by atoms with Crippen molar-refractivity contribution >= 4 is 0 Å². The van der Waals surface area contributed by atoms with Crippen LogP contribution in [0.3, 0.4) is 0 Å². The van der Waals surface area contributed by atoms with Crippen LogP contribution in [-0.2, 0) is 11.2 Å². The Bertz CT molecular complexity index is 311. The summed E-state index contributed by atoms with van der Waals surface area (Å²) in [5.41, 5.74) is 0. The lowest BCUT2D eigenvalue weighted by Gasteiger charge is -2.29. The van der Waals surface area contributed by atoms with Gasteiger partial charge in [0.1, 0.15) is 5.82 Å². The van der Waals surface area contributed by atoms with Crippen molar-refractivity contribution < 1.29 is 9.84 Å². The summed E-state index contributed by atoms with van der Waals surface area (Å²) in [6, 6.07) is 0.0443. The van der Waals surface area contributed by atoms with E-state index in [0.29, 0.717) is 19.6 Å². The summed E-state index contributed by atoms with van der Waals surface area (Å²) in [6.07, 6.45) is 6.18. The van der Waals surface area contributed by atoms with E-state index in [1.165, 1.54) is 0 Å². The topological polar surface area (TPSA) is 47.3 Å². The van der Waals surface area contributed by atoms with E-state index in [1.54, 1.807) is 6.20 Å². The molecule has 84 valence electrons. The highest BCUT2D eigenvalue weighted by Gasteiger charge is 2.26. The molecule has 1 aromatic heterocycles. The molecule has 0 bridgehead atoms. The molecule has 15 heavy (non-hydrogen) atoms. The van der Waals surface area contributed by atoms with Gasteiger partial charge in [-0.05, 0) is 12.8 Å². The zero-order chi connectivity index (χ0) is 10.7. The van der Waals surface area contributed by atoms with Crippen LogP contribution in [0, 0.1) is 0 Å². The van der Waals surface area contributed by atoms with Gasteiger partial charge in [0.15, 0.2) is 0 Å². The molecule has 1 aromatic rings. The summed E-state index contributed by atoms with van der Waals surface area (Å²) in [4.78, 5) is 4.31. The van der Waals surface area contributed by atoms with Crippen LogP contribution < -0.4 is 0 Å². The number of aliphatic hydroxyl groups is 1. The van der Waals surface area contributed by atoms with Crippen molar-refractivity contribution in [1.29, 1.82) is 0 Å². The van der Waals surface area contributed by atoms with Crippen molar-refractivity contribution in [3.05, 3.63) is 18.2 Å². The molecule has 2 heterocycles. The lowest BCUT2D eigenvalue weighted by atomic mass is 10.1. The highest BCUT2D eigenvalue weighted by Crippen LogP contribution is 2.21. The van der Waals surface area contributed by atoms with Gasteiger partial charge in [0.25, 0.3) is 0 Å². The van der Waals surface area contributed by atoms with E-state index in [4.69, 9.17) is 4.74 Å². The zero-order valence-corrected chi connectivity index (χ0v) is 9.09. The van der Waals surface area contributed by atoms with Crippen LogP contribution in [0.25, 0.3) is 0 Å². The minimum Gasteiger partial charge on any atom is -0.391 e. The summed E-state index contributed by atoms with van der Waals surface area (Å²) in [7, 11) is 0. The first-order valence-corrected chi connectivity index (χ1v) is 5.60. The highest BCUT2D eigenvalue weighted by molar-refractivity contribution is 4.97. The highest BCUT2D eigenvalue weighted by atomic mass is 16.5. The lowest BCUT2D eigenvalue weighted by molar-refractivity contribution is -0.0299. The van der Waals surface area contributed by atoms with Gasteiger partial charge in [-0.1, -0.05) is 6.92 Å². The van der Waals surface area contributed by atoms with E-state index >= 15 is 0 Å². The van der Waals surface area contributed by atoms with E-state index in [9.17, 15) is 5.11 Å². The Kier molecular flexibility index (Phi) is 3.38. The first-order valence-electron chi connectivity index (χ1n) is 5.60. The molecule has 0 aromatic carbocycles. The molecule has 4 nitrogen and oxygen atoms in total. The van der Waals surface area contributed by atoms with Crippen molar-refractivity contribution in [3.63, 3.8) is 0 Å². The fourth-order valence-electron chi connectivity index (χ4n) is 2.04. The molecule has 4 heteroatoms. The van der Waals surface area contributed by atoms with Gasteiger partial charge in [-0.25, -0.2) is 4.98 Å². The van der Waals surface area contributed by atoms with E-state index in [1.807, 2.05) is 6.20 Å². The zero-order valence-electron chi connectivity index (χ0n) is 9.09. The predicted molar refractivity (Wildman–Crippen MR) is 56.7 cm³/mol. The van der Waals surface area contributed by atoms with Gasteiger partial charge >= 0.3 is 0 Å². The quantitative estimate of drug-likeness (QED) is 0.814. The Morgan fingerprint density at radius 3 is 3.27 bits per heavy atom. The smallest absolute Gasteiger partial charge is 0.109 e. The summed E-state index contributed by atoms with van der Waals surface area (Å²) >= 11 is 0. The van der Waals surface area contributed by atoms with Gasteiger partial charge in [0.2, 0.25) is 0 Å². The largest absolute Gasteiger partial charge is 0.391 e. The summed E-state index contributed by atoms with van der Waals surface area (Å²) in [5.74, 6) is 1.05. The monoisotopic (exact) mass is 210 g/mol. The minimum atomic E-state index is -0.302. The molecule has 1 aliphatic heterocycles. The minimum absolute atomic E-state index is 0.0443. The third-order valence-electron chi connectivity index (χ3n) is 2.87. The Balaban J connectivity index is 2.15. The number of aryl methyl sites for hydroxylation is 1. The first kappa shape index (κ1) is 10.6. The number of imidazole rings is 1. The van der Waals surface area contributed by atoms with E-state index in [0.717, 1.165) is 18.7 Å². The van der Waals surface area contributed by atoms with E-state index in [2.05, 4.69) is 16.5 Å². The molecule has 1 saturated heterocycles. The predicted octanol–water partition coefficient (Wildman–Crippen LogP) is 1.16. The van der Waals surface area contributed by atoms with Crippen molar-refractivity contribution in [3.8, 4) is 0 Å². The van der Waals surface area contributed by atoms with E-state index < -0.39 is 0 Å². The molecular weight excluding hydrogens is 192 g/mol. The second-order valence-corrected chi connectivity index (χ2v) is 4.00. The Hall–Kier alpha value is -0.870. The molecule has 0 spiro atoms. The summed E-state index contributed by atoms with van der Waals surface area (Å²) < 4.78 is 7.46. The Morgan fingerprint density at radius 1 is 1.67 bits per heavy atom. The fraction of sp³-hybridized carbons (Fsp3) is 0.727. The number of nitrogens with zero attached hydrogens (tertiary/aromatic N) is 2. The van der Waals surface area contributed by atoms with Crippen LogP contribution in [0.1, 0.15) is 31.6 Å². The fourth-order valence-corrected chi connectivity index (χ4v) is 2.04. The molecule has 1 aliphatic rings. The van der Waals surface area contributed by atoms with Gasteiger partial charge in [-0.15, -0.1) is 0 Å². The van der Waals surface area contributed by atoms with Crippen LogP contribution in [0.15, 0.2) is 12.4 Å². The van der Waals surface area contributed by atoms with Crippen molar-refractivity contribution in [2.45, 2.75) is 38.3 Å². The van der Waals surface area contributed by atoms with Gasteiger partial charge in [-0.3, -0.25) is 0 Å². The molecule has 2 unspecified atom stereocenters. The van der Waals surface area contributed by atoms with Crippen molar-refractivity contribution in [2.24, 2.45) is 0 Å². The third kappa shape index (κ3) is 2.21. The number of ether oxygens (including phenoxy) is 1. The van der Waals surface area contributed by atoms with Crippen LogP contribution in [0.5, 0.6) is 0 Å². The average molecular weight is 210 g/mol. The summed E-state index contributed by atoms with van der Waals surface area (Å²) in [5, 5.41) is 9.90. The lowest BCUT2D eigenvalue weighted by Crippen LogP contribution is -2.34. The van der Waals surface area contributed by atoms with Crippen molar-refractivity contribution in [2.75, 3.05) is 13.2 Å². The van der Waals surface area contributed by atoms with Crippen LogP contribution in [0.4, 0.5) is 0 Å². The molecule has 0 radical (unpaired) electrons. The van der Waals surface area contributed by atoms with Gasteiger partial charge in [-0.2, -0.15) is 0 Å². The van der Waals surface area contributed by atoms with Crippen molar-refractivity contribution in [1.82, 2.24) is 9.55 Å². The summed E-state index contributed by atoms with van der Waals surface area (Å²) in [6.45, 7) is 3.39. The SMILES string of the molecule is CCCc1nccn1C1COCCC1O.